The van der Waals surface area contributed by atoms with Crippen LogP contribution in [0.5, 0.6) is 0 Å². The standard InChI is InChI=1S/C17H25N3O4/c1-11(2)13(21)20-17(18,15(23)24-16(3,4)5)14(22)19-12-9-7-6-8-10-12/h6-11H,18H2,1-5H3,(H,19,22)(H,20,21). The van der Waals surface area contributed by atoms with Crippen molar-refractivity contribution in [2.75, 3.05) is 5.32 Å². The molecular weight excluding hydrogens is 310 g/mol. The molecule has 1 atom stereocenters. The second-order valence-corrected chi connectivity index (χ2v) is 6.77. The van der Waals surface area contributed by atoms with Gasteiger partial charge >= 0.3 is 5.97 Å². The van der Waals surface area contributed by atoms with Crippen molar-refractivity contribution in [1.29, 1.82) is 0 Å². The Morgan fingerprint density at radius 3 is 2.08 bits per heavy atom. The highest BCUT2D eigenvalue weighted by atomic mass is 16.6. The zero-order valence-electron chi connectivity index (χ0n) is 14.7. The molecule has 132 valence electrons. The fourth-order valence-electron chi connectivity index (χ4n) is 1.65. The van der Waals surface area contributed by atoms with Crippen LogP contribution in [0.2, 0.25) is 0 Å². The topological polar surface area (TPSA) is 111 Å². The first kappa shape index (κ1) is 19.6. The molecule has 0 bridgehead atoms. The molecule has 24 heavy (non-hydrogen) atoms. The normalized spacial score (nSPS) is 13.8. The first-order valence-electron chi connectivity index (χ1n) is 7.66. The van der Waals surface area contributed by atoms with Crippen molar-refractivity contribution >= 4 is 23.5 Å². The molecule has 0 radical (unpaired) electrons. The molecule has 0 spiro atoms. The van der Waals surface area contributed by atoms with Gasteiger partial charge in [0.2, 0.25) is 5.91 Å². The van der Waals surface area contributed by atoms with E-state index in [9.17, 15) is 14.4 Å². The van der Waals surface area contributed by atoms with Crippen LogP contribution in [0, 0.1) is 5.92 Å². The van der Waals surface area contributed by atoms with Crippen LogP contribution in [0.15, 0.2) is 30.3 Å². The van der Waals surface area contributed by atoms with Gasteiger partial charge in [-0.1, -0.05) is 32.0 Å². The third-order valence-electron chi connectivity index (χ3n) is 2.96. The molecule has 0 aliphatic rings. The number of hydrogen-bond acceptors (Lipinski definition) is 5. The maximum Gasteiger partial charge on any atom is 0.357 e. The molecule has 1 aromatic rings. The molecule has 7 heteroatoms. The monoisotopic (exact) mass is 335 g/mol. The summed E-state index contributed by atoms with van der Waals surface area (Å²) in [5, 5.41) is 4.80. The van der Waals surface area contributed by atoms with Crippen LogP contribution in [0.3, 0.4) is 0 Å². The van der Waals surface area contributed by atoms with E-state index in [0.717, 1.165) is 0 Å². The summed E-state index contributed by atoms with van der Waals surface area (Å²) in [4.78, 5) is 37.0. The van der Waals surface area contributed by atoms with Gasteiger partial charge in [-0.15, -0.1) is 0 Å². The maximum atomic E-state index is 12.6. The summed E-state index contributed by atoms with van der Waals surface area (Å²) in [7, 11) is 0. The van der Waals surface area contributed by atoms with Crippen molar-refractivity contribution in [3.05, 3.63) is 30.3 Å². The number of hydrogen-bond donors (Lipinski definition) is 3. The van der Waals surface area contributed by atoms with Gasteiger partial charge in [0.05, 0.1) is 0 Å². The molecule has 0 aliphatic carbocycles. The van der Waals surface area contributed by atoms with E-state index in [-0.39, 0.29) is 0 Å². The molecule has 4 N–H and O–H groups in total. The molecule has 0 saturated carbocycles. The second-order valence-electron chi connectivity index (χ2n) is 6.77. The predicted octanol–water partition coefficient (Wildman–Crippen LogP) is 1.39. The maximum absolute atomic E-state index is 12.6. The van der Waals surface area contributed by atoms with Gasteiger partial charge in [0.25, 0.3) is 11.6 Å². The lowest BCUT2D eigenvalue weighted by Gasteiger charge is -2.31. The molecule has 0 fully saturated rings. The number of esters is 1. The zero-order valence-corrected chi connectivity index (χ0v) is 14.7. The summed E-state index contributed by atoms with van der Waals surface area (Å²) in [5.41, 5.74) is 3.21. The van der Waals surface area contributed by atoms with Crippen molar-refractivity contribution < 1.29 is 19.1 Å². The summed E-state index contributed by atoms with van der Waals surface area (Å²) in [6.07, 6.45) is 0. The summed E-state index contributed by atoms with van der Waals surface area (Å²) in [6.45, 7) is 8.18. The number of rotatable bonds is 5. The van der Waals surface area contributed by atoms with E-state index < -0.39 is 35.0 Å². The molecule has 0 aromatic heterocycles. The van der Waals surface area contributed by atoms with Gasteiger partial charge in [-0.3, -0.25) is 15.3 Å². The van der Waals surface area contributed by atoms with Gasteiger partial charge in [-0.25, -0.2) is 4.79 Å². The van der Waals surface area contributed by atoms with Gasteiger partial charge in [0.15, 0.2) is 0 Å². The number of anilines is 1. The molecule has 0 saturated heterocycles. The largest absolute Gasteiger partial charge is 0.457 e. The lowest BCUT2D eigenvalue weighted by Crippen LogP contribution is -2.70. The van der Waals surface area contributed by atoms with Crippen molar-refractivity contribution in [3.8, 4) is 0 Å². The Bertz CT molecular complexity index is 608. The average Bonchev–Trinajstić information content (AvgIpc) is 2.46. The number of nitrogens with one attached hydrogen (secondary N) is 2. The van der Waals surface area contributed by atoms with Gasteiger partial charge in [-0.05, 0) is 32.9 Å². The van der Waals surface area contributed by atoms with E-state index in [2.05, 4.69) is 10.6 Å². The quantitative estimate of drug-likeness (QED) is 0.428. The van der Waals surface area contributed by atoms with Gasteiger partial charge in [0, 0.05) is 11.6 Å². The number of para-hydroxylation sites is 1. The molecule has 0 aliphatic heterocycles. The Morgan fingerprint density at radius 2 is 1.62 bits per heavy atom. The highest BCUT2D eigenvalue weighted by Gasteiger charge is 2.47. The van der Waals surface area contributed by atoms with Crippen molar-refractivity contribution in [1.82, 2.24) is 5.32 Å². The van der Waals surface area contributed by atoms with Crippen LogP contribution in [0.4, 0.5) is 5.69 Å². The van der Waals surface area contributed by atoms with Crippen LogP contribution in [-0.2, 0) is 19.1 Å². The van der Waals surface area contributed by atoms with E-state index >= 15 is 0 Å². The molecule has 0 heterocycles. The van der Waals surface area contributed by atoms with Crippen molar-refractivity contribution in [2.24, 2.45) is 11.7 Å². The molecule has 1 unspecified atom stereocenters. The molecule has 2 amide bonds. The van der Waals surface area contributed by atoms with E-state index in [4.69, 9.17) is 10.5 Å². The average molecular weight is 335 g/mol. The Morgan fingerprint density at radius 1 is 1.08 bits per heavy atom. The van der Waals surface area contributed by atoms with Crippen LogP contribution < -0.4 is 16.4 Å². The first-order chi connectivity index (χ1) is 11.0. The van der Waals surface area contributed by atoms with Crippen LogP contribution >= 0.6 is 0 Å². The van der Waals surface area contributed by atoms with E-state index in [1.165, 1.54) is 0 Å². The van der Waals surface area contributed by atoms with Gasteiger partial charge in [0.1, 0.15) is 5.60 Å². The Balaban J connectivity index is 3.09. The Hall–Kier alpha value is -2.41. The van der Waals surface area contributed by atoms with Crippen LogP contribution in [0.1, 0.15) is 34.6 Å². The molecule has 1 rings (SSSR count). The van der Waals surface area contributed by atoms with Gasteiger partial charge < -0.3 is 15.4 Å². The molecule has 7 nitrogen and oxygen atoms in total. The van der Waals surface area contributed by atoms with E-state index in [1.807, 2.05) is 0 Å². The number of benzene rings is 1. The number of carbonyl (C=O) groups is 3. The Kier molecular flexibility index (Phi) is 6.09. The fraction of sp³-hybridized carbons (Fsp3) is 0.471. The highest BCUT2D eigenvalue weighted by molar-refractivity contribution is 6.14. The van der Waals surface area contributed by atoms with E-state index in [1.54, 1.807) is 65.0 Å². The lowest BCUT2D eigenvalue weighted by molar-refractivity contribution is -0.166. The van der Waals surface area contributed by atoms with E-state index in [0.29, 0.717) is 5.69 Å². The number of carbonyl (C=O) groups excluding carboxylic acids is 3. The summed E-state index contributed by atoms with van der Waals surface area (Å²) in [5.74, 6) is -2.90. The van der Waals surface area contributed by atoms with Crippen LogP contribution in [0.25, 0.3) is 0 Å². The summed E-state index contributed by atoms with van der Waals surface area (Å²) in [6, 6.07) is 8.48. The fourth-order valence-corrected chi connectivity index (χ4v) is 1.65. The van der Waals surface area contributed by atoms with Crippen LogP contribution in [-0.4, -0.2) is 29.0 Å². The number of nitrogens with two attached hydrogens (primary N) is 1. The highest BCUT2D eigenvalue weighted by Crippen LogP contribution is 2.15. The zero-order chi connectivity index (χ0) is 18.5. The summed E-state index contributed by atoms with van der Waals surface area (Å²) >= 11 is 0. The SMILES string of the molecule is CC(C)C(=O)NC(N)(C(=O)Nc1ccccc1)C(=O)OC(C)(C)C. The lowest BCUT2D eigenvalue weighted by atomic mass is 10.1. The molecule has 1 aromatic carbocycles. The first-order valence-corrected chi connectivity index (χ1v) is 7.66. The minimum atomic E-state index is -2.33. The Labute approximate surface area is 141 Å². The minimum absolute atomic E-state index is 0.444. The minimum Gasteiger partial charge on any atom is -0.457 e. The van der Waals surface area contributed by atoms with Gasteiger partial charge in [-0.2, -0.15) is 0 Å². The number of ether oxygens (including phenoxy) is 1. The van der Waals surface area contributed by atoms with Crippen molar-refractivity contribution in [2.45, 2.75) is 45.9 Å². The van der Waals surface area contributed by atoms with Crippen molar-refractivity contribution in [3.63, 3.8) is 0 Å². The number of amides is 2. The smallest absolute Gasteiger partial charge is 0.357 e. The summed E-state index contributed by atoms with van der Waals surface area (Å²) < 4.78 is 5.20. The third kappa shape index (κ3) is 5.34. The molecular formula is C17H25N3O4. The predicted molar refractivity (Wildman–Crippen MR) is 90.8 cm³/mol. The third-order valence-corrected chi connectivity index (χ3v) is 2.96. The second kappa shape index (κ2) is 7.44.